The van der Waals surface area contributed by atoms with Crippen LogP contribution in [0.5, 0.6) is 5.75 Å². The van der Waals surface area contributed by atoms with Crippen LogP contribution in [0.3, 0.4) is 0 Å². The monoisotopic (exact) mass is 354 g/mol. The number of amides is 1. The van der Waals surface area contributed by atoms with E-state index in [0.29, 0.717) is 23.1 Å². The number of anilines is 2. The molecule has 6 nitrogen and oxygen atoms in total. The van der Waals surface area contributed by atoms with Crippen molar-refractivity contribution in [3.63, 3.8) is 0 Å². The van der Waals surface area contributed by atoms with Crippen LogP contribution in [0.4, 0.5) is 11.6 Å². The molecule has 0 radical (unpaired) electrons. The Morgan fingerprint density at radius 1 is 1.15 bits per heavy atom. The third kappa shape index (κ3) is 4.31. The fourth-order valence-electron chi connectivity index (χ4n) is 3.00. The summed E-state index contributed by atoms with van der Waals surface area (Å²) < 4.78 is 5.21. The Morgan fingerprint density at radius 3 is 2.62 bits per heavy atom. The van der Waals surface area contributed by atoms with Crippen molar-refractivity contribution in [1.29, 1.82) is 0 Å². The van der Waals surface area contributed by atoms with Crippen LogP contribution in [0.1, 0.15) is 55.2 Å². The average molecular weight is 354 g/mol. The number of nitrogens with zero attached hydrogens (tertiary/aromatic N) is 3. The summed E-state index contributed by atoms with van der Waals surface area (Å²) in [6.07, 6.45) is 3.52. The predicted molar refractivity (Wildman–Crippen MR) is 103 cm³/mol. The molecular formula is C20H26N4O2. The van der Waals surface area contributed by atoms with Crippen LogP contribution >= 0.6 is 0 Å². The SMILES string of the molecule is COc1cccc(NC(=O)c2cc(C(C)C)nc(N3CCCCC3)n2)c1. The Kier molecular flexibility index (Phi) is 5.71. The van der Waals surface area contributed by atoms with E-state index < -0.39 is 0 Å². The highest BCUT2D eigenvalue weighted by molar-refractivity contribution is 6.03. The van der Waals surface area contributed by atoms with Crippen LogP contribution in [0.15, 0.2) is 30.3 Å². The zero-order valence-corrected chi connectivity index (χ0v) is 15.7. The van der Waals surface area contributed by atoms with Gasteiger partial charge in [0.15, 0.2) is 0 Å². The number of benzene rings is 1. The molecule has 0 aliphatic carbocycles. The minimum absolute atomic E-state index is 0.227. The number of piperidine rings is 1. The summed E-state index contributed by atoms with van der Waals surface area (Å²) in [5.74, 6) is 1.35. The van der Waals surface area contributed by atoms with Gasteiger partial charge in [0.1, 0.15) is 11.4 Å². The van der Waals surface area contributed by atoms with Crippen LogP contribution in [0.2, 0.25) is 0 Å². The predicted octanol–water partition coefficient (Wildman–Crippen LogP) is 3.85. The first-order valence-electron chi connectivity index (χ1n) is 9.16. The van der Waals surface area contributed by atoms with Gasteiger partial charge in [-0.2, -0.15) is 0 Å². The van der Waals surface area contributed by atoms with Gasteiger partial charge < -0.3 is 15.0 Å². The molecule has 1 aromatic heterocycles. The summed E-state index contributed by atoms with van der Waals surface area (Å²) in [5.41, 5.74) is 1.96. The molecule has 1 aromatic carbocycles. The minimum Gasteiger partial charge on any atom is -0.497 e. The summed E-state index contributed by atoms with van der Waals surface area (Å²) in [5, 5.41) is 2.90. The number of ether oxygens (including phenoxy) is 1. The largest absolute Gasteiger partial charge is 0.497 e. The number of hydrogen-bond donors (Lipinski definition) is 1. The van der Waals surface area contributed by atoms with E-state index in [0.717, 1.165) is 31.6 Å². The zero-order valence-electron chi connectivity index (χ0n) is 15.7. The molecule has 3 rings (SSSR count). The molecule has 2 aromatic rings. The van der Waals surface area contributed by atoms with E-state index in [9.17, 15) is 4.79 Å². The summed E-state index contributed by atoms with van der Waals surface area (Å²) in [6, 6.07) is 9.08. The molecule has 1 aliphatic rings. The standard InChI is InChI=1S/C20H26N4O2/c1-14(2)17-13-18(23-20(22-17)24-10-5-4-6-11-24)19(25)21-15-8-7-9-16(12-15)26-3/h7-9,12-14H,4-6,10-11H2,1-3H3,(H,21,25). The van der Waals surface area contributed by atoms with Gasteiger partial charge >= 0.3 is 0 Å². The van der Waals surface area contributed by atoms with Crippen molar-refractivity contribution in [2.24, 2.45) is 0 Å². The Bertz CT molecular complexity index is 770. The molecule has 6 heteroatoms. The maximum absolute atomic E-state index is 12.8. The van der Waals surface area contributed by atoms with Gasteiger partial charge in [0, 0.05) is 30.5 Å². The van der Waals surface area contributed by atoms with Crippen LogP contribution in [-0.2, 0) is 0 Å². The van der Waals surface area contributed by atoms with Crippen LogP contribution < -0.4 is 15.0 Å². The Balaban J connectivity index is 1.87. The summed E-state index contributed by atoms with van der Waals surface area (Å²) in [4.78, 5) is 24.2. The Morgan fingerprint density at radius 2 is 1.92 bits per heavy atom. The molecule has 138 valence electrons. The highest BCUT2D eigenvalue weighted by Gasteiger charge is 2.19. The van der Waals surface area contributed by atoms with Gasteiger partial charge in [-0.05, 0) is 43.4 Å². The number of carbonyl (C=O) groups is 1. The summed E-state index contributed by atoms with van der Waals surface area (Å²) in [7, 11) is 1.60. The quantitative estimate of drug-likeness (QED) is 0.883. The second-order valence-electron chi connectivity index (χ2n) is 6.87. The first-order valence-corrected chi connectivity index (χ1v) is 9.16. The molecule has 1 aliphatic heterocycles. The molecular weight excluding hydrogens is 328 g/mol. The number of carbonyl (C=O) groups excluding carboxylic acids is 1. The maximum atomic E-state index is 12.8. The lowest BCUT2D eigenvalue weighted by atomic mass is 10.1. The lowest BCUT2D eigenvalue weighted by Crippen LogP contribution is -2.32. The van der Waals surface area contributed by atoms with Crippen molar-refractivity contribution in [3.8, 4) is 5.75 Å². The number of aromatic nitrogens is 2. The number of methoxy groups -OCH3 is 1. The number of nitrogens with one attached hydrogen (secondary N) is 1. The zero-order chi connectivity index (χ0) is 18.5. The molecule has 1 N–H and O–H groups in total. The third-order valence-electron chi connectivity index (χ3n) is 4.52. The van der Waals surface area contributed by atoms with Gasteiger partial charge in [-0.25, -0.2) is 9.97 Å². The van der Waals surface area contributed by atoms with E-state index in [-0.39, 0.29) is 11.8 Å². The topological polar surface area (TPSA) is 67.3 Å². The van der Waals surface area contributed by atoms with Gasteiger partial charge in [0.25, 0.3) is 5.91 Å². The van der Waals surface area contributed by atoms with Crippen LogP contribution in [0.25, 0.3) is 0 Å². The average Bonchev–Trinajstić information content (AvgIpc) is 2.68. The molecule has 1 amide bonds. The minimum atomic E-state index is -0.235. The van der Waals surface area contributed by atoms with Gasteiger partial charge in [0.2, 0.25) is 5.95 Å². The van der Waals surface area contributed by atoms with E-state index in [1.54, 1.807) is 19.2 Å². The summed E-state index contributed by atoms with van der Waals surface area (Å²) in [6.45, 7) is 6.04. The van der Waals surface area contributed by atoms with E-state index in [2.05, 4.69) is 34.0 Å². The van der Waals surface area contributed by atoms with E-state index in [1.807, 2.05) is 18.2 Å². The summed E-state index contributed by atoms with van der Waals surface area (Å²) >= 11 is 0. The molecule has 0 saturated carbocycles. The first-order chi connectivity index (χ1) is 12.6. The van der Waals surface area contributed by atoms with Gasteiger partial charge in [-0.3, -0.25) is 4.79 Å². The molecule has 0 spiro atoms. The normalized spacial score (nSPS) is 14.4. The molecule has 0 unspecified atom stereocenters. The fourth-order valence-corrected chi connectivity index (χ4v) is 3.00. The molecule has 1 fully saturated rings. The number of rotatable bonds is 5. The highest BCUT2D eigenvalue weighted by atomic mass is 16.5. The second-order valence-corrected chi connectivity index (χ2v) is 6.87. The highest BCUT2D eigenvalue weighted by Crippen LogP contribution is 2.22. The first kappa shape index (κ1) is 18.2. The Labute approximate surface area is 154 Å². The van der Waals surface area contributed by atoms with Crippen molar-refractivity contribution in [1.82, 2.24) is 9.97 Å². The van der Waals surface area contributed by atoms with Crippen molar-refractivity contribution in [3.05, 3.63) is 41.7 Å². The van der Waals surface area contributed by atoms with Gasteiger partial charge in [-0.1, -0.05) is 19.9 Å². The van der Waals surface area contributed by atoms with Crippen molar-refractivity contribution in [2.45, 2.75) is 39.0 Å². The molecule has 0 bridgehead atoms. The van der Waals surface area contributed by atoms with Crippen LogP contribution in [0, 0.1) is 0 Å². The fraction of sp³-hybridized carbons (Fsp3) is 0.450. The van der Waals surface area contributed by atoms with Gasteiger partial charge in [0.05, 0.1) is 7.11 Å². The maximum Gasteiger partial charge on any atom is 0.274 e. The van der Waals surface area contributed by atoms with Crippen molar-refractivity contribution >= 4 is 17.5 Å². The van der Waals surface area contributed by atoms with E-state index in [4.69, 9.17) is 4.74 Å². The molecule has 2 heterocycles. The smallest absolute Gasteiger partial charge is 0.274 e. The van der Waals surface area contributed by atoms with Crippen LogP contribution in [-0.4, -0.2) is 36.1 Å². The van der Waals surface area contributed by atoms with E-state index >= 15 is 0 Å². The molecule has 1 saturated heterocycles. The van der Waals surface area contributed by atoms with Gasteiger partial charge in [-0.15, -0.1) is 0 Å². The lowest BCUT2D eigenvalue weighted by Gasteiger charge is -2.27. The third-order valence-corrected chi connectivity index (χ3v) is 4.52. The Hall–Kier alpha value is -2.63. The van der Waals surface area contributed by atoms with Crippen molar-refractivity contribution in [2.75, 3.05) is 30.4 Å². The molecule has 0 atom stereocenters. The second kappa shape index (κ2) is 8.17. The van der Waals surface area contributed by atoms with Crippen molar-refractivity contribution < 1.29 is 9.53 Å². The lowest BCUT2D eigenvalue weighted by molar-refractivity contribution is 0.102. The molecule has 26 heavy (non-hydrogen) atoms. The number of hydrogen-bond acceptors (Lipinski definition) is 5. The van der Waals surface area contributed by atoms with E-state index in [1.165, 1.54) is 6.42 Å².